The van der Waals surface area contributed by atoms with Crippen LogP contribution >= 0.6 is 11.6 Å². The second-order valence-corrected chi connectivity index (χ2v) is 7.95. The van der Waals surface area contributed by atoms with Crippen LogP contribution in [-0.2, 0) is 9.53 Å². The van der Waals surface area contributed by atoms with Gasteiger partial charge in [-0.15, -0.1) is 0 Å². The van der Waals surface area contributed by atoms with Crippen molar-refractivity contribution >= 4 is 29.5 Å². The van der Waals surface area contributed by atoms with Crippen molar-refractivity contribution in [3.8, 4) is 0 Å². The van der Waals surface area contributed by atoms with Gasteiger partial charge in [0.15, 0.2) is 0 Å². The van der Waals surface area contributed by atoms with E-state index in [9.17, 15) is 9.59 Å². The van der Waals surface area contributed by atoms with Gasteiger partial charge in [0.2, 0.25) is 5.95 Å². The molecular formula is C22H25ClN6O3. The summed E-state index contributed by atoms with van der Waals surface area (Å²) in [5, 5.41) is 6.19. The molecule has 2 N–H and O–H groups in total. The van der Waals surface area contributed by atoms with Crippen LogP contribution in [-0.4, -0.2) is 66.2 Å². The minimum atomic E-state index is -0.643. The lowest BCUT2D eigenvalue weighted by molar-refractivity contribution is -0.139. The van der Waals surface area contributed by atoms with E-state index in [2.05, 4.69) is 30.4 Å². The highest BCUT2D eigenvalue weighted by Gasteiger charge is 2.34. The zero-order valence-electron chi connectivity index (χ0n) is 17.8. The molecule has 0 bridgehead atoms. The molecular weight excluding hydrogens is 432 g/mol. The van der Waals surface area contributed by atoms with Crippen LogP contribution < -0.4 is 15.5 Å². The van der Waals surface area contributed by atoms with Gasteiger partial charge in [-0.2, -0.15) is 0 Å². The first-order chi connectivity index (χ1) is 15.5. The molecule has 9 nitrogen and oxygen atoms in total. The van der Waals surface area contributed by atoms with E-state index in [0.717, 1.165) is 31.7 Å². The lowest BCUT2D eigenvalue weighted by Crippen LogP contribution is -2.52. The number of urea groups is 1. The predicted molar refractivity (Wildman–Crippen MR) is 120 cm³/mol. The predicted octanol–water partition coefficient (Wildman–Crippen LogP) is 2.12. The highest BCUT2D eigenvalue weighted by atomic mass is 35.5. The molecule has 2 aliphatic heterocycles. The Hall–Kier alpha value is -3.17. The van der Waals surface area contributed by atoms with E-state index in [1.165, 1.54) is 0 Å². The summed E-state index contributed by atoms with van der Waals surface area (Å²) in [7, 11) is 0. The summed E-state index contributed by atoms with van der Waals surface area (Å²) in [6, 6.07) is 7.90. The molecule has 1 saturated heterocycles. The van der Waals surface area contributed by atoms with Gasteiger partial charge >= 0.3 is 12.0 Å². The number of nitrogens with zero attached hydrogens (tertiary/aromatic N) is 4. The van der Waals surface area contributed by atoms with E-state index >= 15 is 0 Å². The first kappa shape index (κ1) is 22.0. The molecule has 0 unspecified atom stereocenters. The topological polar surface area (TPSA) is 99.7 Å². The van der Waals surface area contributed by atoms with Crippen LogP contribution in [0.15, 0.2) is 54.0 Å². The van der Waals surface area contributed by atoms with E-state index in [0.29, 0.717) is 28.8 Å². The van der Waals surface area contributed by atoms with Crippen LogP contribution in [0.25, 0.3) is 0 Å². The molecule has 1 atom stereocenters. The summed E-state index contributed by atoms with van der Waals surface area (Å²) in [5.74, 6) is 0.242. The standard InChI is InChI=1S/C22H25ClN6O3/c1-2-32-20(30)18-17(26-22(31)27-19(18)15-5-3-6-16(23)13-15)14-28-9-11-29(12-10-28)21-24-7-4-8-25-21/h3-8,13,19H,2,9-12,14H2,1H3,(H2,26,27,31)/t19-/m1/s1. The Morgan fingerprint density at radius 1 is 1.19 bits per heavy atom. The Morgan fingerprint density at radius 2 is 1.94 bits per heavy atom. The fraction of sp³-hybridized carbons (Fsp3) is 0.364. The maximum Gasteiger partial charge on any atom is 0.338 e. The Bertz CT molecular complexity index is 1010. The first-order valence-electron chi connectivity index (χ1n) is 10.5. The number of amides is 2. The van der Waals surface area contributed by atoms with Crippen LogP contribution in [0.3, 0.4) is 0 Å². The highest BCUT2D eigenvalue weighted by Crippen LogP contribution is 2.29. The number of esters is 1. The molecule has 4 rings (SSSR count). The van der Waals surface area contributed by atoms with Crippen LogP contribution in [0.1, 0.15) is 18.5 Å². The molecule has 0 spiro atoms. The van der Waals surface area contributed by atoms with E-state index in [-0.39, 0.29) is 12.6 Å². The van der Waals surface area contributed by atoms with Gasteiger partial charge in [0.25, 0.3) is 0 Å². The second-order valence-electron chi connectivity index (χ2n) is 7.51. The van der Waals surface area contributed by atoms with Gasteiger partial charge in [0, 0.05) is 55.8 Å². The number of ether oxygens (including phenoxy) is 1. The van der Waals surface area contributed by atoms with Crippen LogP contribution in [0, 0.1) is 0 Å². The fourth-order valence-corrected chi connectivity index (χ4v) is 4.11. The van der Waals surface area contributed by atoms with Crippen molar-refractivity contribution in [3.63, 3.8) is 0 Å². The number of carbonyl (C=O) groups excluding carboxylic acids is 2. The van der Waals surface area contributed by atoms with Crippen LogP contribution in [0.2, 0.25) is 5.02 Å². The van der Waals surface area contributed by atoms with Crippen molar-refractivity contribution in [2.24, 2.45) is 0 Å². The number of piperazine rings is 1. The molecule has 2 aromatic rings. The number of hydrogen-bond acceptors (Lipinski definition) is 7. The van der Waals surface area contributed by atoms with Gasteiger partial charge in [-0.3, -0.25) is 4.90 Å². The van der Waals surface area contributed by atoms with E-state index < -0.39 is 12.0 Å². The quantitative estimate of drug-likeness (QED) is 0.642. The van der Waals surface area contributed by atoms with Crippen LogP contribution in [0.4, 0.5) is 10.7 Å². The minimum absolute atomic E-state index is 0.238. The van der Waals surface area contributed by atoms with Crippen molar-refractivity contribution in [2.75, 3.05) is 44.2 Å². The van der Waals surface area contributed by atoms with Gasteiger partial charge in [-0.1, -0.05) is 23.7 Å². The fourth-order valence-electron chi connectivity index (χ4n) is 3.91. The third kappa shape index (κ3) is 5.00. The molecule has 2 aliphatic rings. The number of benzene rings is 1. The van der Waals surface area contributed by atoms with Crippen molar-refractivity contribution < 1.29 is 14.3 Å². The number of hydrogen-bond donors (Lipinski definition) is 2. The number of nitrogens with one attached hydrogen (secondary N) is 2. The van der Waals surface area contributed by atoms with Crippen LogP contribution in [0.5, 0.6) is 0 Å². The van der Waals surface area contributed by atoms with Crippen molar-refractivity contribution in [2.45, 2.75) is 13.0 Å². The Labute approximate surface area is 191 Å². The number of carbonyl (C=O) groups is 2. The first-order valence-corrected chi connectivity index (χ1v) is 10.9. The maximum absolute atomic E-state index is 12.9. The van der Waals surface area contributed by atoms with E-state index in [1.807, 2.05) is 6.07 Å². The molecule has 3 heterocycles. The Morgan fingerprint density at radius 3 is 2.62 bits per heavy atom. The Kier molecular flexibility index (Phi) is 6.87. The number of halogens is 1. The molecule has 1 aromatic carbocycles. The summed E-state index contributed by atoms with van der Waals surface area (Å²) in [6.45, 7) is 5.38. The number of anilines is 1. The van der Waals surface area contributed by atoms with Gasteiger partial charge < -0.3 is 20.3 Å². The van der Waals surface area contributed by atoms with Gasteiger partial charge in [0.05, 0.1) is 18.2 Å². The normalized spacial score (nSPS) is 19.4. The zero-order chi connectivity index (χ0) is 22.5. The zero-order valence-corrected chi connectivity index (χ0v) is 18.5. The SMILES string of the molecule is CCOC(=O)C1=C(CN2CCN(c3ncccn3)CC2)NC(=O)N[C@@H]1c1cccc(Cl)c1. The molecule has 168 valence electrons. The van der Waals surface area contributed by atoms with Crippen molar-refractivity contribution in [1.82, 2.24) is 25.5 Å². The summed E-state index contributed by atoms with van der Waals surface area (Å²) >= 11 is 6.16. The maximum atomic E-state index is 12.9. The molecule has 32 heavy (non-hydrogen) atoms. The lowest BCUT2D eigenvalue weighted by Gasteiger charge is -2.37. The van der Waals surface area contributed by atoms with Crippen molar-refractivity contribution in [1.29, 1.82) is 0 Å². The number of aromatic nitrogens is 2. The summed E-state index contributed by atoms with van der Waals surface area (Å²) < 4.78 is 5.33. The molecule has 1 fully saturated rings. The van der Waals surface area contributed by atoms with Gasteiger partial charge in [-0.25, -0.2) is 19.6 Å². The largest absolute Gasteiger partial charge is 0.463 e. The molecule has 2 amide bonds. The molecule has 1 aromatic heterocycles. The second kappa shape index (κ2) is 9.97. The lowest BCUT2D eigenvalue weighted by atomic mass is 9.95. The highest BCUT2D eigenvalue weighted by molar-refractivity contribution is 6.30. The third-order valence-electron chi connectivity index (χ3n) is 5.42. The summed E-state index contributed by atoms with van der Waals surface area (Å²) in [6.07, 6.45) is 3.46. The molecule has 0 radical (unpaired) electrons. The average Bonchev–Trinajstić information content (AvgIpc) is 2.80. The smallest absolute Gasteiger partial charge is 0.338 e. The van der Waals surface area contributed by atoms with Gasteiger partial charge in [0.1, 0.15) is 0 Å². The summed E-state index contributed by atoms with van der Waals surface area (Å²) in [4.78, 5) is 38.3. The monoisotopic (exact) mass is 456 g/mol. The molecule has 0 aliphatic carbocycles. The van der Waals surface area contributed by atoms with E-state index in [4.69, 9.17) is 16.3 Å². The average molecular weight is 457 g/mol. The number of rotatable bonds is 6. The third-order valence-corrected chi connectivity index (χ3v) is 5.66. The van der Waals surface area contributed by atoms with Crippen molar-refractivity contribution in [3.05, 3.63) is 64.6 Å². The van der Waals surface area contributed by atoms with Gasteiger partial charge in [-0.05, 0) is 30.7 Å². The summed E-state index contributed by atoms with van der Waals surface area (Å²) in [5.41, 5.74) is 1.66. The minimum Gasteiger partial charge on any atom is -0.463 e. The molecule has 10 heteroatoms. The molecule has 0 saturated carbocycles. The Balaban J connectivity index is 1.56. The van der Waals surface area contributed by atoms with E-state index in [1.54, 1.807) is 43.6 Å².